The third-order valence-corrected chi connectivity index (χ3v) is 4.92. The Morgan fingerprint density at radius 2 is 2.00 bits per heavy atom. The van der Waals surface area contributed by atoms with Crippen LogP contribution in [-0.2, 0) is 6.42 Å². The Kier molecular flexibility index (Phi) is 4.02. The van der Waals surface area contributed by atoms with Crippen molar-refractivity contribution in [1.82, 2.24) is 5.32 Å². The van der Waals surface area contributed by atoms with Gasteiger partial charge in [-0.3, -0.25) is 0 Å². The summed E-state index contributed by atoms with van der Waals surface area (Å²) in [6.07, 6.45) is 8.20. The van der Waals surface area contributed by atoms with Crippen LogP contribution in [0.15, 0.2) is 24.3 Å². The van der Waals surface area contributed by atoms with E-state index in [2.05, 4.69) is 43.4 Å². The predicted molar refractivity (Wildman–Crippen MR) is 83.2 cm³/mol. The smallest absolute Gasteiger partial charge is 0.123 e. The summed E-state index contributed by atoms with van der Waals surface area (Å²) >= 11 is 0. The predicted octanol–water partition coefficient (Wildman–Crippen LogP) is 3.94. The lowest BCUT2D eigenvalue weighted by Gasteiger charge is -2.32. The van der Waals surface area contributed by atoms with Crippen molar-refractivity contribution >= 4 is 0 Å². The van der Waals surface area contributed by atoms with E-state index in [0.717, 1.165) is 18.7 Å². The number of ether oxygens (including phenoxy) is 1. The third-order valence-electron chi connectivity index (χ3n) is 4.92. The molecule has 2 aliphatic rings. The molecule has 1 saturated carbocycles. The van der Waals surface area contributed by atoms with Crippen LogP contribution in [0.3, 0.4) is 0 Å². The first kappa shape index (κ1) is 13.9. The fourth-order valence-electron chi connectivity index (χ4n) is 3.85. The van der Waals surface area contributed by atoms with Crippen molar-refractivity contribution < 1.29 is 4.74 Å². The van der Waals surface area contributed by atoms with Crippen molar-refractivity contribution in [2.45, 2.75) is 64.5 Å². The molecule has 1 aliphatic heterocycles. The fourth-order valence-corrected chi connectivity index (χ4v) is 3.85. The van der Waals surface area contributed by atoms with Gasteiger partial charge in [-0.15, -0.1) is 0 Å². The fraction of sp³-hybridized carbons (Fsp3) is 0.667. The van der Waals surface area contributed by atoms with Gasteiger partial charge in [0.2, 0.25) is 0 Å². The number of rotatable bonds is 5. The number of fused-ring (bicyclic) bond motifs is 1. The molecule has 2 nitrogen and oxygen atoms in total. The summed E-state index contributed by atoms with van der Waals surface area (Å²) < 4.78 is 6.17. The van der Waals surface area contributed by atoms with E-state index in [0.29, 0.717) is 17.6 Å². The van der Waals surface area contributed by atoms with Gasteiger partial charge in [-0.2, -0.15) is 0 Å². The lowest BCUT2D eigenvalue weighted by atomic mass is 9.79. The van der Waals surface area contributed by atoms with Crippen molar-refractivity contribution in [1.29, 1.82) is 0 Å². The Morgan fingerprint density at radius 1 is 1.25 bits per heavy atom. The standard InChI is InChI=1S/C18H27NO/c1-14(2)19-13-18(9-5-6-10-18)12-16-11-15-7-3-4-8-17(15)20-16/h3-4,7-8,14,16,19H,5-6,9-13H2,1-2H3. The van der Waals surface area contributed by atoms with Gasteiger partial charge >= 0.3 is 0 Å². The van der Waals surface area contributed by atoms with E-state index < -0.39 is 0 Å². The normalized spacial score (nSPS) is 23.9. The summed E-state index contributed by atoms with van der Waals surface area (Å²) in [6.45, 7) is 5.63. The Labute approximate surface area is 122 Å². The minimum atomic E-state index is 0.388. The summed E-state index contributed by atoms with van der Waals surface area (Å²) in [6, 6.07) is 9.10. The summed E-state index contributed by atoms with van der Waals surface area (Å²) in [5, 5.41) is 3.67. The summed E-state index contributed by atoms with van der Waals surface area (Å²) in [4.78, 5) is 0. The Balaban J connectivity index is 1.63. The molecule has 1 unspecified atom stereocenters. The zero-order valence-corrected chi connectivity index (χ0v) is 12.8. The summed E-state index contributed by atoms with van der Waals surface area (Å²) in [7, 11) is 0. The maximum Gasteiger partial charge on any atom is 0.123 e. The number of para-hydroxylation sites is 1. The first-order valence-corrected chi connectivity index (χ1v) is 8.15. The van der Waals surface area contributed by atoms with Gasteiger partial charge in [-0.1, -0.05) is 44.9 Å². The molecule has 3 rings (SSSR count). The zero-order chi connectivity index (χ0) is 14.0. The minimum Gasteiger partial charge on any atom is -0.490 e. The SMILES string of the molecule is CC(C)NCC1(CC2Cc3ccccc3O2)CCCC1. The van der Waals surface area contributed by atoms with Gasteiger partial charge in [0, 0.05) is 19.0 Å². The van der Waals surface area contributed by atoms with Crippen LogP contribution < -0.4 is 10.1 Å². The van der Waals surface area contributed by atoms with Crippen LogP contribution in [0.5, 0.6) is 5.75 Å². The molecule has 20 heavy (non-hydrogen) atoms. The topological polar surface area (TPSA) is 21.3 Å². The molecule has 2 heteroatoms. The molecule has 1 atom stereocenters. The number of nitrogens with one attached hydrogen (secondary N) is 1. The highest BCUT2D eigenvalue weighted by Crippen LogP contribution is 2.44. The van der Waals surface area contributed by atoms with E-state index in [-0.39, 0.29) is 0 Å². The van der Waals surface area contributed by atoms with E-state index in [1.807, 2.05) is 0 Å². The largest absolute Gasteiger partial charge is 0.490 e. The average Bonchev–Trinajstić information content (AvgIpc) is 3.03. The zero-order valence-electron chi connectivity index (χ0n) is 12.8. The molecule has 1 fully saturated rings. The van der Waals surface area contributed by atoms with Gasteiger partial charge in [-0.05, 0) is 36.3 Å². The van der Waals surface area contributed by atoms with Crippen molar-refractivity contribution in [2.24, 2.45) is 5.41 Å². The lowest BCUT2D eigenvalue weighted by molar-refractivity contribution is 0.132. The highest BCUT2D eigenvalue weighted by atomic mass is 16.5. The van der Waals surface area contributed by atoms with Crippen molar-refractivity contribution in [3.05, 3.63) is 29.8 Å². The first-order chi connectivity index (χ1) is 9.67. The quantitative estimate of drug-likeness (QED) is 0.877. The van der Waals surface area contributed by atoms with Crippen molar-refractivity contribution in [3.8, 4) is 5.75 Å². The van der Waals surface area contributed by atoms with E-state index in [1.165, 1.54) is 37.7 Å². The molecule has 110 valence electrons. The second kappa shape index (κ2) is 5.77. The van der Waals surface area contributed by atoms with Gasteiger partial charge < -0.3 is 10.1 Å². The molecular weight excluding hydrogens is 246 g/mol. The van der Waals surface area contributed by atoms with Crippen LogP contribution in [0.1, 0.15) is 51.5 Å². The Hall–Kier alpha value is -1.02. The van der Waals surface area contributed by atoms with Crippen LogP contribution >= 0.6 is 0 Å². The van der Waals surface area contributed by atoms with Crippen LogP contribution in [0.2, 0.25) is 0 Å². The second-order valence-corrected chi connectivity index (χ2v) is 7.00. The number of benzene rings is 1. The molecule has 0 spiro atoms. The van der Waals surface area contributed by atoms with Crippen molar-refractivity contribution in [2.75, 3.05) is 6.54 Å². The molecule has 1 aromatic carbocycles. The van der Waals surface area contributed by atoms with Gasteiger partial charge in [0.15, 0.2) is 0 Å². The molecule has 0 saturated heterocycles. The first-order valence-electron chi connectivity index (χ1n) is 8.15. The van der Waals surface area contributed by atoms with E-state index in [9.17, 15) is 0 Å². The van der Waals surface area contributed by atoms with Crippen molar-refractivity contribution in [3.63, 3.8) is 0 Å². The van der Waals surface area contributed by atoms with E-state index in [1.54, 1.807) is 0 Å². The highest BCUT2D eigenvalue weighted by molar-refractivity contribution is 5.37. The van der Waals surface area contributed by atoms with Crippen LogP contribution in [0.4, 0.5) is 0 Å². The molecule has 0 amide bonds. The highest BCUT2D eigenvalue weighted by Gasteiger charge is 2.38. The molecule has 1 N–H and O–H groups in total. The third kappa shape index (κ3) is 3.01. The van der Waals surface area contributed by atoms with Gasteiger partial charge in [0.05, 0.1) is 0 Å². The molecule has 1 aliphatic carbocycles. The Bertz CT molecular complexity index is 423. The van der Waals surface area contributed by atoms with Gasteiger partial charge in [0.25, 0.3) is 0 Å². The maximum atomic E-state index is 6.17. The maximum absolute atomic E-state index is 6.17. The van der Waals surface area contributed by atoms with Gasteiger partial charge in [0.1, 0.15) is 11.9 Å². The summed E-state index contributed by atoms with van der Waals surface area (Å²) in [5.74, 6) is 1.11. The molecular formula is C18H27NO. The van der Waals surface area contributed by atoms with Crippen LogP contribution in [0, 0.1) is 5.41 Å². The minimum absolute atomic E-state index is 0.388. The molecule has 0 bridgehead atoms. The molecule has 1 aromatic rings. The van der Waals surface area contributed by atoms with E-state index >= 15 is 0 Å². The summed E-state index contributed by atoms with van der Waals surface area (Å²) in [5.41, 5.74) is 1.86. The molecule has 0 aromatic heterocycles. The van der Waals surface area contributed by atoms with Gasteiger partial charge in [-0.25, -0.2) is 0 Å². The average molecular weight is 273 g/mol. The Morgan fingerprint density at radius 3 is 2.70 bits per heavy atom. The lowest BCUT2D eigenvalue weighted by Crippen LogP contribution is -2.39. The molecule has 1 heterocycles. The van der Waals surface area contributed by atoms with E-state index in [4.69, 9.17) is 4.74 Å². The monoisotopic (exact) mass is 273 g/mol. The number of hydrogen-bond donors (Lipinski definition) is 1. The van der Waals surface area contributed by atoms with Crippen LogP contribution in [-0.4, -0.2) is 18.7 Å². The second-order valence-electron chi connectivity index (χ2n) is 7.00. The number of hydrogen-bond acceptors (Lipinski definition) is 2. The van der Waals surface area contributed by atoms with Crippen LogP contribution in [0.25, 0.3) is 0 Å². The molecule has 0 radical (unpaired) electrons.